The summed E-state index contributed by atoms with van der Waals surface area (Å²) in [6, 6.07) is 3.83. The van der Waals surface area contributed by atoms with Crippen molar-refractivity contribution >= 4 is 17.2 Å². The van der Waals surface area contributed by atoms with Crippen LogP contribution in [0.4, 0.5) is 0 Å². The summed E-state index contributed by atoms with van der Waals surface area (Å²) < 4.78 is 2.15. The molecule has 0 saturated heterocycles. The van der Waals surface area contributed by atoms with E-state index in [-0.39, 0.29) is 0 Å². The molecule has 4 heteroatoms. The highest BCUT2D eigenvalue weighted by Gasteiger charge is 2.18. The zero-order valence-electron chi connectivity index (χ0n) is 8.57. The first-order valence-electron chi connectivity index (χ1n) is 5.08. The van der Waals surface area contributed by atoms with Crippen LogP contribution in [0.1, 0.15) is 11.4 Å². The zero-order chi connectivity index (χ0) is 10.4. The van der Waals surface area contributed by atoms with Crippen LogP contribution in [0.5, 0.6) is 0 Å². The summed E-state index contributed by atoms with van der Waals surface area (Å²) in [5, 5.41) is 0.748. The van der Waals surface area contributed by atoms with Gasteiger partial charge in [0.1, 0.15) is 5.65 Å². The summed E-state index contributed by atoms with van der Waals surface area (Å²) in [5.41, 5.74) is 3.48. The van der Waals surface area contributed by atoms with Crippen molar-refractivity contribution in [2.45, 2.75) is 13.0 Å². The number of aromatic nitrogens is 2. The Morgan fingerprint density at radius 3 is 3.20 bits per heavy atom. The van der Waals surface area contributed by atoms with Crippen LogP contribution in [0, 0.1) is 0 Å². The number of halogens is 1. The van der Waals surface area contributed by atoms with E-state index in [4.69, 9.17) is 11.6 Å². The number of fused-ring (bicyclic) bond motifs is 3. The third kappa shape index (κ3) is 1.43. The van der Waals surface area contributed by atoms with Crippen molar-refractivity contribution in [2.24, 2.45) is 0 Å². The molecule has 1 aliphatic heterocycles. The summed E-state index contributed by atoms with van der Waals surface area (Å²) in [6.07, 6.45) is 3.07. The van der Waals surface area contributed by atoms with Gasteiger partial charge in [0.25, 0.3) is 0 Å². The third-order valence-electron chi connectivity index (χ3n) is 2.92. The van der Waals surface area contributed by atoms with Crippen molar-refractivity contribution in [3.8, 4) is 0 Å². The number of nitrogens with zero attached hydrogens (tertiary/aromatic N) is 3. The lowest BCUT2D eigenvalue weighted by molar-refractivity contribution is 0.307. The Balaban J connectivity index is 2.23. The molecule has 0 bridgehead atoms. The van der Waals surface area contributed by atoms with Gasteiger partial charge in [-0.1, -0.05) is 11.6 Å². The molecule has 1 aliphatic rings. The van der Waals surface area contributed by atoms with Crippen LogP contribution in [0.3, 0.4) is 0 Å². The normalized spacial score (nSPS) is 16.9. The van der Waals surface area contributed by atoms with E-state index in [9.17, 15) is 0 Å². The van der Waals surface area contributed by atoms with E-state index in [2.05, 4.69) is 21.3 Å². The maximum absolute atomic E-state index is 5.95. The van der Waals surface area contributed by atoms with Gasteiger partial charge in [0, 0.05) is 42.5 Å². The first kappa shape index (κ1) is 9.19. The Hall–Kier alpha value is -1.06. The smallest absolute Gasteiger partial charge is 0.138 e. The van der Waals surface area contributed by atoms with E-state index in [1.807, 2.05) is 18.3 Å². The Morgan fingerprint density at radius 1 is 1.47 bits per heavy atom. The third-order valence-corrected chi connectivity index (χ3v) is 3.16. The molecule has 0 spiro atoms. The van der Waals surface area contributed by atoms with Gasteiger partial charge < -0.3 is 9.30 Å². The molecule has 0 atom stereocenters. The van der Waals surface area contributed by atoms with Crippen molar-refractivity contribution in [2.75, 3.05) is 13.6 Å². The molecule has 0 aliphatic carbocycles. The highest BCUT2D eigenvalue weighted by Crippen LogP contribution is 2.21. The van der Waals surface area contributed by atoms with Crippen molar-refractivity contribution in [3.05, 3.63) is 34.7 Å². The number of imidazole rings is 1. The summed E-state index contributed by atoms with van der Waals surface area (Å²) >= 11 is 5.95. The Kier molecular flexibility index (Phi) is 1.97. The van der Waals surface area contributed by atoms with Gasteiger partial charge in [-0.3, -0.25) is 0 Å². The maximum atomic E-state index is 5.95. The summed E-state index contributed by atoms with van der Waals surface area (Å²) in [4.78, 5) is 6.89. The van der Waals surface area contributed by atoms with E-state index in [0.29, 0.717) is 0 Å². The minimum Gasteiger partial charge on any atom is -0.304 e. The Labute approximate surface area is 93.3 Å². The SMILES string of the molecule is CN1CCc2c(nc3cc(Cl)ccn23)C1. The molecular weight excluding hydrogens is 210 g/mol. The molecule has 0 amide bonds. The average molecular weight is 222 g/mol. The molecule has 0 unspecified atom stereocenters. The molecule has 0 aromatic carbocycles. The molecule has 2 aromatic rings. The van der Waals surface area contributed by atoms with E-state index in [1.54, 1.807) is 0 Å². The fraction of sp³-hybridized carbons (Fsp3) is 0.364. The van der Waals surface area contributed by atoms with Crippen LogP contribution in [-0.4, -0.2) is 27.9 Å². The van der Waals surface area contributed by atoms with Crippen LogP contribution in [0.2, 0.25) is 5.02 Å². The second-order valence-corrected chi connectivity index (χ2v) is 4.50. The molecule has 3 heterocycles. The number of rotatable bonds is 0. The number of hydrogen-bond acceptors (Lipinski definition) is 2. The lowest BCUT2D eigenvalue weighted by atomic mass is 10.1. The second-order valence-electron chi connectivity index (χ2n) is 4.07. The molecular formula is C11H12ClN3. The lowest BCUT2D eigenvalue weighted by Crippen LogP contribution is -2.26. The first-order valence-corrected chi connectivity index (χ1v) is 5.46. The average Bonchev–Trinajstić information content (AvgIpc) is 2.53. The summed E-state index contributed by atoms with van der Waals surface area (Å²) in [5.74, 6) is 0. The van der Waals surface area contributed by atoms with Gasteiger partial charge in [-0.15, -0.1) is 0 Å². The maximum Gasteiger partial charge on any atom is 0.138 e. The van der Waals surface area contributed by atoms with Crippen molar-refractivity contribution < 1.29 is 0 Å². The minimum absolute atomic E-state index is 0.748. The fourth-order valence-corrected chi connectivity index (χ4v) is 2.30. The lowest BCUT2D eigenvalue weighted by Gasteiger charge is -2.21. The van der Waals surface area contributed by atoms with Crippen molar-refractivity contribution in [3.63, 3.8) is 0 Å². The largest absolute Gasteiger partial charge is 0.304 e. The monoisotopic (exact) mass is 221 g/mol. The molecule has 0 radical (unpaired) electrons. The van der Waals surface area contributed by atoms with Crippen LogP contribution < -0.4 is 0 Å². The van der Waals surface area contributed by atoms with Crippen LogP contribution >= 0.6 is 11.6 Å². The highest BCUT2D eigenvalue weighted by molar-refractivity contribution is 6.30. The highest BCUT2D eigenvalue weighted by atomic mass is 35.5. The predicted molar refractivity (Wildman–Crippen MR) is 60.2 cm³/mol. The quantitative estimate of drug-likeness (QED) is 0.678. The zero-order valence-corrected chi connectivity index (χ0v) is 9.33. The topological polar surface area (TPSA) is 20.5 Å². The van der Waals surface area contributed by atoms with E-state index in [1.165, 1.54) is 11.4 Å². The van der Waals surface area contributed by atoms with Crippen molar-refractivity contribution in [1.29, 1.82) is 0 Å². The molecule has 2 aromatic heterocycles. The molecule has 15 heavy (non-hydrogen) atoms. The molecule has 0 fully saturated rings. The van der Waals surface area contributed by atoms with Crippen LogP contribution in [0.15, 0.2) is 18.3 Å². The van der Waals surface area contributed by atoms with Gasteiger partial charge in [-0.2, -0.15) is 0 Å². The molecule has 0 N–H and O–H groups in total. The Morgan fingerprint density at radius 2 is 2.33 bits per heavy atom. The van der Waals surface area contributed by atoms with E-state index >= 15 is 0 Å². The predicted octanol–water partition coefficient (Wildman–Crippen LogP) is 1.98. The Bertz CT molecular complexity index is 518. The van der Waals surface area contributed by atoms with Gasteiger partial charge >= 0.3 is 0 Å². The summed E-state index contributed by atoms with van der Waals surface area (Å²) in [7, 11) is 2.12. The van der Waals surface area contributed by atoms with Gasteiger partial charge in [0.2, 0.25) is 0 Å². The van der Waals surface area contributed by atoms with Crippen LogP contribution in [-0.2, 0) is 13.0 Å². The van der Waals surface area contributed by atoms with Gasteiger partial charge in [-0.05, 0) is 13.1 Å². The minimum atomic E-state index is 0.748. The van der Waals surface area contributed by atoms with Crippen molar-refractivity contribution in [1.82, 2.24) is 14.3 Å². The second kappa shape index (κ2) is 3.22. The van der Waals surface area contributed by atoms with Crippen LogP contribution in [0.25, 0.3) is 5.65 Å². The molecule has 3 rings (SSSR count). The molecule has 78 valence electrons. The van der Waals surface area contributed by atoms with Gasteiger partial charge in [0.05, 0.1) is 5.69 Å². The van der Waals surface area contributed by atoms with Gasteiger partial charge in [0.15, 0.2) is 0 Å². The van der Waals surface area contributed by atoms with E-state index < -0.39 is 0 Å². The van der Waals surface area contributed by atoms with Gasteiger partial charge in [-0.25, -0.2) is 4.98 Å². The first-order chi connectivity index (χ1) is 7.24. The molecule has 3 nitrogen and oxygen atoms in total. The number of hydrogen-bond donors (Lipinski definition) is 0. The number of likely N-dealkylation sites (N-methyl/N-ethyl adjacent to an activating group) is 1. The van der Waals surface area contributed by atoms with E-state index in [0.717, 1.165) is 30.2 Å². The number of pyridine rings is 1. The standard InChI is InChI=1S/C11H12ClN3/c1-14-4-3-10-9(7-14)13-11-6-8(12)2-5-15(10)11/h2,5-6H,3-4,7H2,1H3. The summed E-state index contributed by atoms with van der Waals surface area (Å²) in [6.45, 7) is 2.04. The fourth-order valence-electron chi connectivity index (χ4n) is 2.14. The molecule has 0 saturated carbocycles.